The van der Waals surface area contributed by atoms with E-state index in [2.05, 4.69) is 20.5 Å². The van der Waals surface area contributed by atoms with Crippen LogP contribution in [0.4, 0.5) is 0 Å². The number of rotatable bonds is 5. The molecule has 0 spiro atoms. The highest BCUT2D eigenvalue weighted by atomic mass is 16.2. The van der Waals surface area contributed by atoms with E-state index in [0.29, 0.717) is 18.8 Å². The van der Waals surface area contributed by atoms with Crippen molar-refractivity contribution in [3.63, 3.8) is 0 Å². The second-order valence-corrected chi connectivity index (χ2v) is 4.16. The third-order valence-electron chi connectivity index (χ3n) is 2.82. The summed E-state index contributed by atoms with van der Waals surface area (Å²) in [6.45, 7) is 0.615. The van der Waals surface area contributed by atoms with Crippen molar-refractivity contribution in [3.05, 3.63) is 28.5 Å². The Bertz CT molecular complexity index is 452. The fraction of sp³-hybridized carbons (Fsp3) is 0.545. The Morgan fingerprint density at radius 3 is 2.88 bits per heavy atom. The number of H-pyrrole nitrogens is 2. The molecule has 1 aromatic heterocycles. The molecule has 1 aliphatic carbocycles. The quantitative estimate of drug-likeness (QED) is 0.500. The van der Waals surface area contributed by atoms with Crippen LogP contribution in [0, 0.1) is 5.92 Å². The van der Waals surface area contributed by atoms with Crippen LogP contribution in [-0.4, -0.2) is 27.6 Å². The third kappa shape index (κ3) is 3.30. The number of allylic oxidation sites excluding steroid dienone is 2. The Labute approximate surface area is 98.5 Å². The van der Waals surface area contributed by atoms with Gasteiger partial charge in [0.15, 0.2) is 0 Å². The van der Waals surface area contributed by atoms with Gasteiger partial charge in [0.1, 0.15) is 5.82 Å². The van der Waals surface area contributed by atoms with Crippen molar-refractivity contribution >= 4 is 5.91 Å². The first-order valence-electron chi connectivity index (χ1n) is 5.82. The highest BCUT2D eigenvalue weighted by Gasteiger charge is 2.18. The minimum Gasteiger partial charge on any atom is -0.356 e. The van der Waals surface area contributed by atoms with Gasteiger partial charge < -0.3 is 5.32 Å². The number of hydrogen-bond acceptors (Lipinski definition) is 3. The number of nitrogens with zero attached hydrogens (tertiary/aromatic N) is 1. The van der Waals surface area contributed by atoms with E-state index in [0.717, 1.165) is 19.3 Å². The number of hydrogen-bond donors (Lipinski definition) is 3. The topological polar surface area (TPSA) is 90.6 Å². The van der Waals surface area contributed by atoms with Crippen molar-refractivity contribution in [1.29, 1.82) is 0 Å². The predicted molar refractivity (Wildman–Crippen MR) is 62.4 cm³/mol. The average Bonchev–Trinajstić information content (AvgIpc) is 2.95. The summed E-state index contributed by atoms with van der Waals surface area (Å²) >= 11 is 0. The molecule has 0 radical (unpaired) electrons. The normalized spacial score (nSPS) is 15.3. The first kappa shape index (κ1) is 11.6. The minimum atomic E-state index is -0.291. The Morgan fingerprint density at radius 1 is 1.47 bits per heavy atom. The smallest absolute Gasteiger partial charge is 0.340 e. The number of aromatic nitrogens is 3. The largest absolute Gasteiger partial charge is 0.356 e. The Kier molecular flexibility index (Phi) is 3.74. The number of aromatic amines is 2. The zero-order valence-electron chi connectivity index (χ0n) is 9.53. The van der Waals surface area contributed by atoms with Crippen molar-refractivity contribution in [2.75, 3.05) is 6.54 Å². The molecule has 17 heavy (non-hydrogen) atoms. The van der Waals surface area contributed by atoms with Crippen LogP contribution in [0.25, 0.3) is 0 Å². The zero-order valence-corrected chi connectivity index (χ0v) is 9.53. The minimum absolute atomic E-state index is 0.111. The monoisotopic (exact) mass is 236 g/mol. The van der Waals surface area contributed by atoms with Crippen LogP contribution in [0.15, 0.2) is 16.9 Å². The SMILES string of the molecule is O=C(NCCCc1n[nH]c(=O)[nH]1)C1CC=CC1. The maximum Gasteiger partial charge on any atom is 0.340 e. The summed E-state index contributed by atoms with van der Waals surface area (Å²) in [6, 6.07) is 0. The van der Waals surface area contributed by atoms with E-state index in [1.807, 2.05) is 12.2 Å². The van der Waals surface area contributed by atoms with E-state index >= 15 is 0 Å². The van der Waals surface area contributed by atoms with Gasteiger partial charge in [-0.15, -0.1) is 0 Å². The van der Waals surface area contributed by atoms with Gasteiger partial charge in [-0.1, -0.05) is 12.2 Å². The molecule has 1 amide bonds. The maximum absolute atomic E-state index is 11.6. The summed E-state index contributed by atoms with van der Waals surface area (Å²) in [5.41, 5.74) is -0.291. The van der Waals surface area contributed by atoms with Gasteiger partial charge in [0.25, 0.3) is 0 Å². The van der Waals surface area contributed by atoms with Crippen LogP contribution in [0.1, 0.15) is 25.1 Å². The lowest BCUT2D eigenvalue weighted by molar-refractivity contribution is -0.124. The van der Waals surface area contributed by atoms with Gasteiger partial charge in [-0.05, 0) is 19.3 Å². The van der Waals surface area contributed by atoms with E-state index in [1.54, 1.807) is 0 Å². The van der Waals surface area contributed by atoms with Gasteiger partial charge in [0.05, 0.1) is 0 Å². The van der Waals surface area contributed by atoms with E-state index < -0.39 is 0 Å². The maximum atomic E-state index is 11.6. The van der Waals surface area contributed by atoms with Gasteiger partial charge >= 0.3 is 5.69 Å². The van der Waals surface area contributed by atoms with Crippen LogP contribution in [-0.2, 0) is 11.2 Å². The Hall–Kier alpha value is -1.85. The third-order valence-corrected chi connectivity index (χ3v) is 2.82. The Morgan fingerprint density at radius 2 is 2.24 bits per heavy atom. The van der Waals surface area contributed by atoms with Crippen molar-refractivity contribution in [2.45, 2.75) is 25.7 Å². The van der Waals surface area contributed by atoms with Crippen molar-refractivity contribution < 1.29 is 4.79 Å². The fourth-order valence-corrected chi connectivity index (χ4v) is 1.87. The van der Waals surface area contributed by atoms with E-state index in [4.69, 9.17) is 0 Å². The highest BCUT2D eigenvalue weighted by molar-refractivity contribution is 5.79. The number of nitrogens with one attached hydrogen (secondary N) is 3. The number of carbonyl (C=O) groups excluding carboxylic acids is 1. The highest BCUT2D eigenvalue weighted by Crippen LogP contribution is 2.17. The lowest BCUT2D eigenvalue weighted by atomic mass is 10.1. The van der Waals surface area contributed by atoms with E-state index in [1.165, 1.54) is 0 Å². The molecular formula is C11H16N4O2. The van der Waals surface area contributed by atoms with E-state index in [-0.39, 0.29) is 17.5 Å². The van der Waals surface area contributed by atoms with Crippen LogP contribution < -0.4 is 11.0 Å². The molecule has 0 saturated heterocycles. The van der Waals surface area contributed by atoms with Crippen molar-refractivity contribution in [1.82, 2.24) is 20.5 Å². The number of amides is 1. The van der Waals surface area contributed by atoms with Crippen LogP contribution in [0.3, 0.4) is 0 Å². The molecule has 92 valence electrons. The molecule has 1 heterocycles. The second-order valence-electron chi connectivity index (χ2n) is 4.16. The molecular weight excluding hydrogens is 220 g/mol. The fourth-order valence-electron chi connectivity index (χ4n) is 1.87. The number of carbonyl (C=O) groups is 1. The van der Waals surface area contributed by atoms with Crippen molar-refractivity contribution in [3.8, 4) is 0 Å². The number of aryl methyl sites for hydroxylation is 1. The molecule has 0 unspecified atom stereocenters. The second kappa shape index (κ2) is 5.47. The summed E-state index contributed by atoms with van der Waals surface area (Å²) < 4.78 is 0. The molecule has 6 nitrogen and oxygen atoms in total. The van der Waals surface area contributed by atoms with Crippen LogP contribution >= 0.6 is 0 Å². The van der Waals surface area contributed by atoms with Gasteiger partial charge in [0.2, 0.25) is 5.91 Å². The zero-order chi connectivity index (χ0) is 12.1. The van der Waals surface area contributed by atoms with Crippen LogP contribution in [0.2, 0.25) is 0 Å². The van der Waals surface area contributed by atoms with Gasteiger partial charge in [-0.25, -0.2) is 9.89 Å². The van der Waals surface area contributed by atoms with Gasteiger partial charge in [0, 0.05) is 18.9 Å². The summed E-state index contributed by atoms with van der Waals surface area (Å²) in [6.07, 6.45) is 7.20. The molecule has 0 saturated carbocycles. The molecule has 0 fully saturated rings. The molecule has 1 aliphatic rings. The molecule has 2 rings (SSSR count). The molecule has 0 bridgehead atoms. The van der Waals surface area contributed by atoms with E-state index in [9.17, 15) is 9.59 Å². The Balaban J connectivity index is 1.63. The summed E-state index contributed by atoms with van der Waals surface area (Å²) in [7, 11) is 0. The summed E-state index contributed by atoms with van der Waals surface area (Å²) in [5, 5.41) is 8.99. The average molecular weight is 236 g/mol. The van der Waals surface area contributed by atoms with Gasteiger partial charge in [-0.3, -0.25) is 9.78 Å². The first-order valence-corrected chi connectivity index (χ1v) is 5.82. The molecule has 0 aliphatic heterocycles. The molecule has 1 aromatic rings. The first-order chi connectivity index (χ1) is 8.25. The molecule has 0 atom stereocenters. The predicted octanol–water partition coefficient (Wildman–Crippen LogP) is 0.113. The molecule has 3 N–H and O–H groups in total. The summed E-state index contributed by atoms with van der Waals surface area (Å²) in [4.78, 5) is 25.0. The standard InChI is InChI=1S/C11H16N4O2/c16-10(8-4-1-2-5-8)12-7-3-6-9-13-11(17)15-14-9/h1-2,8H,3-7H2,(H,12,16)(H2,13,14,15,17). The molecule has 6 heteroatoms. The lowest BCUT2D eigenvalue weighted by Gasteiger charge is -2.09. The van der Waals surface area contributed by atoms with Gasteiger partial charge in [-0.2, -0.15) is 5.10 Å². The lowest BCUT2D eigenvalue weighted by Crippen LogP contribution is -2.30. The summed E-state index contributed by atoms with van der Waals surface area (Å²) in [5.74, 6) is 0.859. The van der Waals surface area contributed by atoms with Crippen LogP contribution in [0.5, 0.6) is 0 Å². The molecule has 0 aromatic carbocycles. The van der Waals surface area contributed by atoms with Crippen molar-refractivity contribution in [2.24, 2.45) is 5.92 Å².